The number of hydrogen-bond donors (Lipinski definition) is 0. The van der Waals surface area contributed by atoms with E-state index in [2.05, 4.69) is 20.7 Å². The first-order chi connectivity index (χ1) is 8.58. The lowest BCUT2D eigenvalue weighted by Crippen LogP contribution is -2.06. The van der Waals surface area contributed by atoms with Gasteiger partial charge in [0.2, 0.25) is 0 Å². The Labute approximate surface area is 114 Å². The molecule has 1 rings (SSSR count). The molecular weight excluding hydrogens is 303 g/mol. The molecule has 98 valence electrons. The summed E-state index contributed by atoms with van der Waals surface area (Å²) in [6.45, 7) is 1.95. The standard InChI is InChI=1S/C13H14BrFO3/c1-3-9(13(16)17-2)6-7-18-12-8-10(14)4-5-11(12)15/h4-6,8H,3,7H2,1-2H3/b9-6-. The van der Waals surface area contributed by atoms with Gasteiger partial charge in [0.1, 0.15) is 6.61 Å². The summed E-state index contributed by atoms with van der Waals surface area (Å²) in [5.41, 5.74) is 0.507. The van der Waals surface area contributed by atoms with Crippen LogP contribution in [-0.4, -0.2) is 19.7 Å². The number of benzene rings is 1. The van der Waals surface area contributed by atoms with Gasteiger partial charge in [-0.1, -0.05) is 22.9 Å². The van der Waals surface area contributed by atoms with Crippen LogP contribution in [0.1, 0.15) is 13.3 Å². The van der Waals surface area contributed by atoms with Gasteiger partial charge in [-0.15, -0.1) is 0 Å². The summed E-state index contributed by atoms with van der Waals surface area (Å²) in [6, 6.07) is 4.43. The molecule has 0 unspecified atom stereocenters. The number of rotatable bonds is 5. The molecule has 0 heterocycles. The van der Waals surface area contributed by atoms with Crippen LogP contribution in [0.15, 0.2) is 34.3 Å². The lowest BCUT2D eigenvalue weighted by molar-refractivity contribution is -0.136. The molecule has 5 heteroatoms. The minimum absolute atomic E-state index is 0.117. The molecule has 18 heavy (non-hydrogen) atoms. The molecule has 0 fully saturated rings. The van der Waals surface area contributed by atoms with Gasteiger partial charge in [-0.2, -0.15) is 0 Å². The normalized spacial score (nSPS) is 11.2. The highest BCUT2D eigenvalue weighted by atomic mass is 79.9. The molecule has 1 aromatic rings. The second-order valence-corrected chi connectivity index (χ2v) is 4.38. The summed E-state index contributed by atoms with van der Waals surface area (Å²) in [5, 5.41) is 0. The molecular formula is C13H14BrFO3. The van der Waals surface area contributed by atoms with Gasteiger partial charge in [0.05, 0.1) is 7.11 Å². The summed E-state index contributed by atoms with van der Waals surface area (Å²) >= 11 is 3.23. The SMILES string of the molecule is CC/C(=C/COc1cc(Br)ccc1F)C(=O)OC. The van der Waals surface area contributed by atoms with E-state index in [-0.39, 0.29) is 12.4 Å². The third-order valence-corrected chi connectivity index (χ3v) is 2.78. The van der Waals surface area contributed by atoms with Crippen molar-refractivity contribution in [3.63, 3.8) is 0 Å². The number of carbonyl (C=O) groups excluding carboxylic acids is 1. The maximum absolute atomic E-state index is 13.3. The second-order valence-electron chi connectivity index (χ2n) is 3.46. The molecule has 3 nitrogen and oxygen atoms in total. The Morgan fingerprint density at radius 2 is 2.22 bits per heavy atom. The van der Waals surface area contributed by atoms with E-state index in [1.807, 2.05) is 6.92 Å². The summed E-state index contributed by atoms with van der Waals surface area (Å²) in [7, 11) is 1.32. The number of hydrogen-bond acceptors (Lipinski definition) is 3. The van der Waals surface area contributed by atoms with Crippen LogP contribution in [0.2, 0.25) is 0 Å². The van der Waals surface area contributed by atoms with E-state index in [1.165, 1.54) is 19.2 Å². The van der Waals surface area contributed by atoms with Crippen molar-refractivity contribution in [2.24, 2.45) is 0 Å². The van der Waals surface area contributed by atoms with Gasteiger partial charge < -0.3 is 9.47 Å². The van der Waals surface area contributed by atoms with Crippen LogP contribution in [0.3, 0.4) is 0 Å². The Bertz CT molecular complexity index is 458. The zero-order chi connectivity index (χ0) is 13.5. The summed E-state index contributed by atoms with van der Waals surface area (Å²) in [6.07, 6.45) is 2.13. The predicted octanol–water partition coefficient (Wildman–Crippen LogP) is 3.48. The van der Waals surface area contributed by atoms with Crippen molar-refractivity contribution < 1.29 is 18.7 Å². The molecule has 0 atom stereocenters. The second kappa shape index (κ2) is 7.16. The van der Waals surface area contributed by atoms with Crippen molar-refractivity contribution >= 4 is 21.9 Å². The Kier molecular flexibility index (Phi) is 5.85. The van der Waals surface area contributed by atoms with Gasteiger partial charge in [-0.05, 0) is 30.7 Å². The Morgan fingerprint density at radius 3 is 2.83 bits per heavy atom. The molecule has 0 N–H and O–H groups in total. The summed E-state index contributed by atoms with van der Waals surface area (Å²) in [4.78, 5) is 11.3. The van der Waals surface area contributed by atoms with Crippen LogP contribution in [-0.2, 0) is 9.53 Å². The van der Waals surface area contributed by atoms with E-state index in [4.69, 9.17) is 4.74 Å². The van der Waals surface area contributed by atoms with Gasteiger partial charge in [0, 0.05) is 10.0 Å². The van der Waals surface area contributed by atoms with Gasteiger partial charge in [-0.25, -0.2) is 9.18 Å². The number of ether oxygens (including phenoxy) is 2. The number of esters is 1. The van der Waals surface area contributed by atoms with E-state index >= 15 is 0 Å². The fraction of sp³-hybridized carbons (Fsp3) is 0.308. The minimum Gasteiger partial charge on any atom is -0.486 e. The summed E-state index contributed by atoms with van der Waals surface area (Å²) in [5.74, 6) is -0.695. The van der Waals surface area contributed by atoms with Crippen molar-refractivity contribution in [3.05, 3.63) is 40.1 Å². The minimum atomic E-state index is -0.442. The zero-order valence-corrected chi connectivity index (χ0v) is 11.8. The average Bonchev–Trinajstić information content (AvgIpc) is 2.37. The first-order valence-electron chi connectivity index (χ1n) is 5.43. The van der Waals surface area contributed by atoms with Crippen molar-refractivity contribution in [1.29, 1.82) is 0 Å². The third kappa shape index (κ3) is 4.14. The van der Waals surface area contributed by atoms with Crippen LogP contribution >= 0.6 is 15.9 Å². The molecule has 0 radical (unpaired) electrons. The van der Waals surface area contributed by atoms with Gasteiger partial charge in [0.25, 0.3) is 0 Å². The highest BCUT2D eigenvalue weighted by Gasteiger charge is 2.07. The topological polar surface area (TPSA) is 35.5 Å². The molecule has 0 spiro atoms. The van der Waals surface area contributed by atoms with Crippen molar-refractivity contribution in [2.45, 2.75) is 13.3 Å². The first-order valence-corrected chi connectivity index (χ1v) is 6.23. The van der Waals surface area contributed by atoms with Crippen LogP contribution in [0.4, 0.5) is 4.39 Å². The van der Waals surface area contributed by atoms with Crippen molar-refractivity contribution in [3.8, 4) is 5.75 Å². The predicted molar refractivity (Wildman–Crippen MR) is 70.0 cm³/mol. The summed E-state index contributed by atoms with van der Waals surface area (Å²) < 4.78 is 23.9. The smallest absolute Gasteiger partial charge is 0.333 e. The monoisotopic (exact) mass is 316 g/mol. The molecule has 0 amide bonds. The van der Waals surface area contributed by atoms with Crippen LogP contribution in [0.5, 0.6) is 5.75 Å². The maximum atomic E-state index is 13.3. The molecule has 0 aliphatic carbocycles. The van der Waals surface area contributed by atoms with E-state index in [9.17, 15) is 9.18 Å². The highest BCUT2D eigenvalue weighted by Crippen LogP contribution is 2.22. The Morgan fingerprint density at radius 1 is 1.50 bits per heavy atom. The molecule has 0 saturated heterocycles. The Hall–Kier alpha value is -1.36. The van der Waals surface area contributed by atoms with Crippen LogP contribution < -0.4 is 4.74 Å². The Balaban J connectivity index is 2.67. The molecule has 0 aliphatic rings. The number of halogens is 2. The van der Waals surface area contributed by atoms with Crippen LogP contribution in [0.25, 0.3) is 0 Å². The molecule has 0 aliphatic heterocycles. The maximum Gasteiger partial charge on any atom is 0.333 e. The van der Waals surface area contributed by atoms with E-state index in [1.54, 1.807) is 12.1 Å². The molecule has 0 saturated carbocycles. The fourth-order valence-electron chi connectivity index (χ4n) is 1.32. The highest BCUT2D eigenvalue weighted by molar-refractivity contribution is 9.10. The first kappa shape index (κ1) is 14.7. The molecule has 1 aromatic carbocycles. The van der Waals surface area contributed by atoms with Crippen molar-refractivity contribution in [2.75, 3.05) is 13.7 Å². The lowest BCUT2D eigenvalue weighted by atomic mass is 10.2. The van der Waals surface area contributed by atoms with Crippen molar-refractivity contribution in [1.82, 2.24) is 0 Å². The molecule has 0 aromatic heterocycles. The van der Waals surface area contributed by atoms with E-state index < -0.39 is 11.8 Å². The number of carbonyl (C=O) groups is 1. The van der Waals surface area contributed by atoms with Gasteiger partial charge in [0.15, 0.2) is 11.6 Å². The lowest BCUT2D eigenvalue weighted by Gasteiger charge is -2.06. The quantitative estimate of drug-likeness (QED) is 0.616. The largest absolute Gasteiger partial charge is 0.486 e. The average molecular weight is 317 g/mol. The van der Waals surface area contributed by atoms with E-state index in [0.29, 0.717) is 12.0 Å². The zero-order valence-electron chi connectivity index (χ0n) is 10.2. The third-order valence-electron chi connectivity index (χ3n) is 2.29. The van der Waals surface area contributed by atoms with Gasteiger partial charge in [-0.3, -0.25) is 0 Å². The van der Waals surface area contributed by atoms with Gasteiger partial charge >= 0.3 is 5.97 Å². The molecule has 0 bridgehead atoms. The number of methoxy groups -OCH3 is 1. The van der Waals surface area contributed by atoms with Crippen LogP contribution in [0, 0.1) is 5.82 Å². The fourth-order valence-corrected chi connectivity index (χ4v) is 1.66. The van der Waals surface area contributed by atoms with E-state index in [0.717, 1.165) is 4.47 Å².